The van der Waals surface area contributed by atoms with E-state index in [9.17, 15) is 9.59 Å². The van der Waals surface area contributed by atoms with Crippen LogP contribution in [-0.4, -0.2) is 39.4 Å². The quantitative estimate of drug-likeness (QED) is 0.708. The van der Waals surface area contributed by atoms with E-state index in [0.29, 0.717) is 23.5 Å². The van der Waals surface area contributed by atoms with E-state index in [2.05, 4.69) is 20.9 Å². The zero-order valence-corrected chi connectivity index (χ0v) is 13.5. The van der Waals surface area contributed by atoms with E-state index < -0.39 is 0 Å². The molecule has 4 N–H and O–H groups in total. The molecule has 1 aliphatic rings. The van der Waals surface area contributed by atoms with Gasteiger partial charge in [-0.2, -0.15) is 0 Å². The predicted molar refractivity (Wildman–Crippen MR) is 87.7 cm³/mol. The Bertz CT molecular complexity index is 748. The number of carbonyl (C=O) groups is 2. The molecule has 0 spiro atoms. The first kappa shape index (κ1) is 16.1. The maximum Gasteiger partial charge on any atom is 0.274 e. The summed E-state index contributed by atoms with van der Waals surface area (Å²) in [5, 5.41) is 13.6. The zero-order chi connectivity index (χ0) is 17.1. The van der Waals surface area contributed by atoms with Crippen molar-refractivity contribution in [2.75, 3.05) is 6.54 Å². The molecule has 1 heterocycles. The molecule has 1 aliphatic carbocycles. The van der Waals surface area contributed by atoms with Crippen molar-refractivity contribution in [3.8, 4) is 5.69 Å². The highest BCUT2D eigenvalue weighted by molar-refractivity contribution is 5.94. The summed E-state index contributed by atoms with van der Waals surface area (Å²) in [6, 6.07) is 7.14. The Kier molecular flexibility index (Phi) is 4.57. The number of nitrogens with one attached hydrogen (secondary N) is 2. The SMILES string of the molecule is CCNC(=O)c1ccc(-n2nnc(C(=O)NC3CC3)c2CN)cc1. The summed E-state index contributed by atoms with van der Waals surface area (Å²) < 4.78 is 1.53. The summed E-state index contributed by atoms with van der Waals surface area (Å²) in [5.41, 5.74) is 7.83. The van der Waals surface area contributed by atoms with Crippen LogP contribution in [-0.2, 0) is 6.54 Å². The van der Waals surface area contributed by atoms with Crippen molar-refractivity contribution in [1.82, 2.24) is 25.6 Å². The van der Waals surface area contributed by atoms with Gasteiger partial charge in [-0.15, -0.1) is 5.10 Å². The molecule has 0 aliphatic heterocycles. The second kappa shape index (κ2) is 6.79. The minimum atomic E-state index is -0.247. The highest BCUT2D eigenvalue weighted by Gasteiger charge is 2.27. The number of hydrogen-bond donors (Lipinski definition) is 3. The van der Waals surface area contributed by atoms with Crippen LogP contribution < -0.4 is 16.4 Å². The molecule has 2 amide bonds. The molecule has 0 radical (unpaired) electrons. The molecule has 126 valence electrons. The fraction of sp³-hybridized carbons (Fsp3) is 0.375. The van der Waals surface area contributed by atoms with Gasteiger partial charge in [-0.3, -0.25) is 9.59 Å². The lowest BCUT2D eigenvalue weighted by Crippen LogP contribution is -2.27. The van der Waals surface area contributed by atoms with Crippen molar-refractivity contribution in [2.24, 2.45) is 5.73 Å². The van der Waals surface area contributed by atoms with Crippen LogP contribution in [0, 0.1) is 0 Å². The van der Waals surface area contributed by atoms with Crippen LogP contribution in [0.15, 0.2) is 24.3 Å². The van der Waals surface area contributed by atoms with E-state index in [0.717, 1.165) is 12.8 Å². The topological polar surface area (TPSA) is 115 Å². The summed E-state index contributed by atoms with van der Waals surface area (Å²) in [4.78, 5) is 24.0. The molecular weight excluding hydrogens is 308 g/mol. The smallest absolute Gasteiger partial charge is 0.274 e. The summed E-state index contributed by atoms with van der Waals surface area (Å²) in [7, 11) is 0. The number of rotatable bonds is 6. The van der Waals surface area contributed by atoms with Crippen molar-refractivity contribution in [3.63, 3.8) is 0 Å². The maximum atomic E-state index is 12.2. The Morgan fingerprint density at radius 1 is 1.25 bits per heavy atom. The van der Waals surface area contributed by atoms with Crippen LogP contribution in [0.1, 0.15) is 46.3 Å². The normalized spacial score (nSPS) is 13.6. The minimum Gasteiger partial charge on any atom is -0.352 e. The fourth-order valence-corrected chi connectivity index (χ4v) is 2.37. The Balaban J connectivity index is 1.84. The minimum absolute atomic E-state index is 0.133. The number of carbonyl (C=O) groups excluding carboxylic acids is 2. The lowest BCUT2D eigenvalue weighted by molar-refractivity contribution is 0.0940. The van der Waals surface area contributed by atoms with Crippen LogP contribution in [0.4, 0.5) is 0 Å². The molecule has 24 heavy (non-hydrogen) atoms. The van der Waals surface area contributed by atoms with Crippen molar-refractivity contribution in [3.05, 3.63) is 41.2 Å². The Morgan fingerprint density at radius 3 is 2.54 bits per heavy atom. The number of nitrogens with two attached hydrogens (primary N) is 1. The van der Waals surface area contributed by atoms with Crippen LogP contribution in [0.3, 0.4) is 0 Å². The van der Waals surface area contributed by atoms with Gasteiger partial charge in [-0.25, -0.2) is 4.68 Å². The molecule has 1 aromatic heterocycles. The van der Waals surface area contributed by atoms with E-state index in [4.69, 9.17) is 5.73 Å². The van der Waals surface area contributed by atoms with Gasteiger partial charge in [-0.05, 0) is 44.0 Å². The number of hydrogen-bond acceptors (Lipinski definition) is 5. The van der Waals surface area contributed by atoms with Gasteiger partial charge in [0.15, 0.2) is 5.69 Å². The molecule has 8 heteroatoms. The fourth-order valence-electron chi connectivity index (χ4n) is 2.37. The van der Waals surface area contributed by atoms with Gasteiger partial charge in [0.1, 0.15) is 0 Å². The molecule has 0 saturated heterocycles. The Labute approximate surface area is 139 Å². The molecule has 2 aromatic rings. The van der Waals surface area contributed by atoms with Gasteiger partial charge in [0.25, 0.3) is 11.8 Å². The molecule has 8 nitrogen and oxygen atoms in total. The van der Waals surface area contributed by atoms with Crippen molar-refractivity contribution >= 4 is 11.8 Å². The van der Waals surface area contributed by atoms with E-state index in [-0.39, 0.29) is 30.1 Å². The first-order chi connectivity index (χ1) is 11.6. The monoisotopic (exact) mass is 328 g/mol. The largest absolute Gasteiger partial charge is 0.352 e. The third kappa shape index (κ3) is 3.28. The van der Waals surface area contributed by atoms with E-state index >= 15 is 0 Å². The molecule has 1 saturated carbocycles. The first-order valence-electron chi connectivity index (χ1n) is 7.98. The zero-order valence-electron chi connectivity index (χ0n) is 13.5. The van der Waals surface area contributed by atoms with Crippen LogP contribution >= 0.6 is 0 Å². The highest BCUT2D eigenvalue weighted by atomic mass is 16.2. The van der Waals surface area contributed by atoms with Crippen LogP contribution in [0.2, 0.25) is 0 Å². The standard InChI is InChI=1S/C16H20N6O2/c1-2-18-15(23)10-3-7-12(8-4-10)22-13(9-17)14(20-21-22)16(24)19-11-5-6-11/h3-4,7-8,11H,2,5-6,9,17H2,1H3,(H,18,23)(H,19,24). The van der Waals surface area contributed by atoms with E-state index in [1.54, 1.807) is 24.3 Å². The van der Waals surface area contributed by atoms with Crippen molar-refractivity contribution in [2.45, 2.75) is 32.4 Å². The van der Waals surface area contributed by atoms with Gasteiger partial charge in [0, 0.05) is 24.7 Å². The molecule has 0 bridgehead atoms. The van der Waals surface area contributed by atoms with E-state index in [1.165, 1.54) is 4.68 Å². The second-order valence-corrected chi connectivity index (χ2v) is 5.65. The second-order valence-electron chi connectivity index (χ2n) is 5.65. The van der Waals surface area contributed by atoms with Crippen molar-refractivity contribution < 1.29 is 9.59 Å². The first-order valence-corrected chi connectivity index (χ1v) is 7.98. The van der Waals surface area contributed by atoms with E-state index in [1.807, 2.05) is 6.92 Å². The van der Waals surface area contributed by atoms with Gasteiger partial charge in [0.2, 0.25) is 0 Å². The molecule has 1 aromatic carbocycles. The van der Waals surface area contributed by atoms with Gasteiger partial charge in [-0.1, -0.05) is 5.21 Å². The summed E-state index contributed by atoms with van der Waals surface area (Å²) in [6.45, 7) is 2.57. The maximum absolute atomic E-state index is 12.2. The van der Waals surface area contributed by atoms with Crippen LogP contribution in [0.5, 0.6) is 0 Å². The summed E-state index contributed by atoms with van der Waals surface area (Å²) in [5.74, 6) is -0.380. The van der Waals surface area contributed by atoms with Crippen molar-refractivity contribution in [1.29, 1.82) is 0 Å². The number of amides is 2. The molecule has 0 unspecified atom stereocenters. The number of nitrogens with zero attached hydrogens (tertiary/aromatic N) is 3. The molecule has 3 rings (SSSR count). The number of aromatic nitrogens is 3. The average Bonchev–Trinajstić information content (AvgIpc) is 3.29. The summed E-state index contributed by atoms with van der Waals surface area (Å²) in [6.07, 6.45) is 2.00. The Morgan fingerprint density at radius 2 is 1.96 bits per heavy atom. The molecular formula is C16H20N6O2. The Hall–Kier alpha value is -2.74. The number of benzene rings is 1. The van der Waals surface area contributed by atoms with Gasteiger partial charge >= 0.3 is 0 Å². The third-order valence-corrected chi connectivity index (χ3v) is 3.80. The van der Waals surface area contributed by atoms with Gasteiger partial charge < -0.3 is 16.4 Å². The molecule has 0 atom stereocenters. The highest BCUT2D eigenvalue weighted by Crippen LogP contribution is 2.20. The lowest BCUT2D eigenvalue weighted by Gasteiger charge is -2.07. The average molecular weight is 328 g/mol. The lowest BCUT2D eigenvalue weighted by atomic mass is 10.2. The third-order valence-electron chi connectivity index (χ3n) is 3.80. The van der Waals surface area contributed by atoms with Gasteiger partial charge in [0.05, 0.1) is 11.4 Å². The molecule has 1 fully saturated rings. The predicted octanol–water partition coefficient (Wildman–Crippen LogP) is 0.368. The summed E-state index contributed by atoms with van der Waals surface area (Å²) >= 11 is 0. The van der Waals surface area contributed by atoms with Crippen LogP contribution in [0.25, 0.3) is 5.69 Å².